The zero-order chi connectivity index (χ0) is 26.5. The van der Waals surface area contributed by atoms with Gasteiger partial charge >= 0.3 is 0 Å². The molecule has 5 aliphatic rings. The largest absolute Gasteiger partial charge is 0.388 e. The minimum atomic E-state index is -1.21. The Morgan fingerprint density at radius 2 is 1.81 bits per heavy atom. The van der Waals surface area contributed by atoms with Crippen molar-refractivity contribution in [1.29, 1.82) is 0 Å². The molecule has 0 aromatic heterocycles. The van der Waals surface area contributed by atoms with Gasteiger partial charge in [-0.1, -0.05) is 46.3 Å². The third-order valence-corrected chi connectivity index (χ3v) is 12.6. The second-order valence-electron chi connectivity index (χ2n) is 14.9. The minimum Gasteiger partial charge on any atom is -0.388 e. The molecule has 5 nitrogen and oxygen atoms in total. The average Bonchev–Trinajstić information content (AvgIpc) is 3.33. The molecular formula is C31H50O5. The summed E-state index contributed by atoms with van der Waals surface area (Å²) in [5, 5.41) is 21.2. The molecule has 1 aliphatic heterocycles. The molecule has 204 valence electrons. The van der Waals surface area contributed by atoms with Crippen LogP contribution >= 0.6 is 0 Å². The van der Waals surface area contributed by atoms with Gasteiger partial charge in [-0.3, -0.25) is 4.79 Å². The number of aliphatic hydroxyl groups is 2. The van der Waals surface area contributed by atoms with Crippen LogP contribution in [0.3, 0.4) is 0 Å². The molecule has 4 fully saturated rings. The number of aliphatic hydroxyl groups excluding tert-OH is 1. The van der Waals surface area contributed by atoms with E-state index in [2.05, 4.69) is 40.7 Å². The van der Waals surface area contributed by atoms with Gasteiger partial charge in [0.2, 0.25) is 0 Å². The maximum Gasteiger partial charge on any atom is 0.160 e. The molecule has 10 atom stereocenters. The Hall–Kier alpha value is -0.750. The Morgan fingerprint density at radius 3 is 2.44 bits per heavy atom. The van der Waals surface area contributed by atoms with E-state index in [1.165, 1.54) is 19.3 Å². The summed E-state index contributed by atoms with van der Waals surface area (Å²) < 4.78 is 12.1. The zero-order valence-corrected chi connectivity index (χ0v) is 23.9. The first-order valence-electron chi connectivity index (χ1n) is 14.4. The number of allylic oxidation sites excluding steroid dienone is 2. The maximum absolute atomic E-state index is 12.9. The Morgan fingerprint density at radius 1 is 1.11 bits per heavy atom. The monoisotopic (exact) mass is 502 g/mol. The van der Waals surface area contributed by atoms with Crippen LogP contribution in [0.4, 0.5) is 0 Å². The molecule has 0 aromatic carbocycles. The fraction of sp³-hybridized carbons (Fsp3) is 0.903. The van der Waals surface area contributed by atoms with E-state index in [4.69, 9.17) is 9.47 Å². The van der Waals surface area contributed by atoms with Crippen molar-refractivity contribution in [2.45, 2.75) is 124 Å². The number of carbonyl (C=O) groups is 1. The Bertz CT molecular complexity index is 932. The van der Waals surface area contributed by atoms with Gasteiger partial charge in [0, 0.05) is 24.9 Å². The first-order valence-corrected chi connectivity index (χ1v) is 14.4. The number of fused-ring (bicyclic) bond motifs is 5. The van der Waals surface area contributed by atoms with Gasteiger partial charge in [0.25, 0.3) is 0 Å². The van der Waals surface area contributed by atoms with Crippen LogP contribution in [0.5, 0.6) is 0 Å². The first-order chi connectivity index (χ1) is 16.6. The van der Waals surface area contributed by atoms with Crippen LogP contribution in [0.25, 0.3) is 0 Å². The number of ether oxygens (including phenoxy) is 2. The van der Waals surface area contributed by atoms with Crippen LogP contribution < -0.4 is 0 Å². The molecule has 0 unspecified atom stereocenters. The number of Topliss-reactive ketones (excluding diaryl/α,β-unsaturated/α-hetero) is 1. The molecule has 0 amide bonds. The van der Waals surface area contributed by atoms with E-state index in [1.807, 2.05) is 0 Å². The molecule has 0 aromatic rings. The molecule has 0 spiro atoms. The summed E-state index contributed by atoms with van der Waals surface area (Å²) in [7, 11) is 1.71. The topological polar surface area (TPSA) is 76.0 Å². The van der Waals surface area contributed by atoms with Gasteiger partial charge in [-0.15, -0.1) is 0 Å². The van der Waals surface area contributed by atoms with E-state index in [9.17, 15) is 15.0 Å². The molecule has 0 bridgehead atoms. The van der Waals surface area contributed by atoms with Gasteiger partial charge in [-0.25, -0.2) is 0 Å². The van der Waals surface area contributed by atoms with Crippen molar-refractivity contribution in [3.63, 3.8) is 0 Å². The van der Waals surface area contributed by atoms with Gasteiger partial charge in [0.05, 0.1) is 11.7 Å². The minimum absolute atomic E-state index is 0.130. The highest BCUT2D eigenvalue weighted by atomic mass is 16.7. The van der Waals surface area contributed by atoms with Gasteiger partial charge < -0.3 is 19.7 Å². The van der Waals surface area contributed by atoms with E-state index in [-0.39, 0.29) is 33.9 Å². The predicted octanol–water partition coefficient (Wildman–Crippen LogP) is 5.67. The normalized spacial score (nSPS) is 49.2. The standard InChI is InChI=1S/C31H50O5/c1-27(2)23-10-9-21-20(29(23,5)14-13-24(27)32)12-16-30(6)19(11-15-31(21,30)7)18-17-22(36-26(18)35-8)25(33)28(3,4)34/h9,18-20,22-23,25-26,33-34H,10-17H2,1-8H3/t18-,19-,20-,22+,23-,25-,26+,29+,30-,31-/m0/s1. The van der Waals surface area contributed by atoms with Crippen molar-refractivity contribution < 1.29 is 24.5 Å². The van der Waals surface area contributed by atoms with Gasteiger partial charge in [-0.2, -0.15) is 0 Å². The Labute approximate surface area is 218 Å². The highest BCUT2D eigenvalue weighted by molar-refractivity contribution is 5.85. The molecule has 3 saturated carbocycles. The molecule has 4 aliphatic carbocycles. The van der Waals surface area contributed by atoms with Crippen LogP contribution in [0.1, 0.15) is 99.8 Å². The van der Waals surface area contributed by atoms with Crippen molar-refractivity contribution in [1.82, 2.24) is 0 Å². The van der Waals surface area contributed by atoms with Crippen molar-refractivity contribution in [3.05, 3.63) is 11.6 Å². The molecule has 36 heavy (non-hydrogen) atoms. The summed E-state index contributed by atoms with van der Waals surface area (Å²) in [4.78, 5) is 12.9. The van der Waals surface area contributed by atoms with E-state index in [1.54, 1.807) is 26.5 Å². The average molecular weight is 503 g/mol. The fourth-order valence-electron chi connectivity index (χ4n) is 10.2. The maximum atomic E-state index is 12.9. The fourth-order valence-corrected chi connectivity index (χ4v) is 10.2. The van der Waals surface area contributed by atoms with Gasteiger partial charge in [-0.05, 0) is 92.8 Å². The quantitative estimate of drug-likeness (QED) is 0.485. The molecule has 5 heteroatoms. The van der Waals surface area contributed by atoms with Gasteiger partial charge in [0.15, 0.2) is 6.29 Å². The van der Waals surface area contributed by atoms with E-state index < -0.39 is 17.8 Å². The summed E-state index contributed by atoms with van der Waals surface area (Å²) in [5.74, 6) is 2.09. The molecule has 2 N–H and O–H groups in total. The highest BCUT2D eigenvalue weighted by Crippen LogP contribution is 2.73. The van der Waals surface area contributed by atoms with Crippen LogP contribution in [0.15, 0.2) is 11.6 Å². The van der Waals surface area contributed by atoms with Crippen molar-refractivity contribution in [2.75, 3.05) is 7.11 Å². The molecule has 1 heterocycles. The van der Waals surface area contributed by atoms with Crippen LogP contribution in [-0.4, -0.2) is 47.2 Å². The second kappa shape index (κ2) is 8.37. The van der Waals surface area contributed by atoms with Crippen LogP contribution in [0.2, 0.25) is 0 Å². The highest BCUT2D eigenvalue weighted by Gasteiger charge is 2.66. The van der Waals surface area contributed by atoms with Crippen LogP contribution in [0, 0.1) is 45.3 Å². The number of methoxy groups -OCH3 is 1. The van der Waals surface area contributed by atoms with Gasteiger partial charge in [0.1, 0.15) is 11.9 Å². The SMILES string of the molecule is CO[C@@H]1O[C@@H]([C@H](O)C(C)(C)O)C[C@H]1[C@@H]1CC[C@@]2(C)C3=CC[C@H]4C(C)(C)C(=O)CC[C@]4(C)[C@H]3CC[C@@]12C. The smallest absolute Gasteiger partial charge is 0.160 e. The Kier molecular flexibility index (Phi) is 6.24. The number of carbonyl (C=O) groups excluding carboxylic acids is 1. The molecule has 1 saturated heterocycles. The molecule has 0 radical (unpaired) electrons. The lowest BCUT2D eigenvalue weighted by Crippen LogP contribution is -2.57. The number of ketones is 1. The number of rotatable bonds is 4. The van der Waals surface area contributed by atoms with E-state index in [0.717, 1.165) is 32.1 Å². The van der Waals surface area contributed by atoms with Crippen molar-refractivity contribution in [3.8, 4) is 0 Å². The lowest BCUT2D eigenvalue weighted by molar-refractivity contribution is -0.184. The summed E-state index contributed by atoms with van der Waals surface area (Å²) in [6, 6.07) is 0. The number of hydrogen-bond acceptors (Lipinski definition) is 5. The predicted molar refractivity (Wildman–Crippen MR) is 140 cm³/mol. The first kappa shape index (κ1) is 26.8. The van der Waals surface area contributed by atoms with E-state index in [0.29, 0.717) is 23.5 Å². The van der Waals surface area contributed by atoms with Crippen LogP contribution in [-0.2, 0) is 14.3 Å². The summed E-state index contributed by atoms with van der Waals surface area (Å²) >= 11 is 0. The summed E-state index contributed by atoms with van der Waals surface area (Å²) in [6.45, 7) is 15.2. The van der Waals surface area contributed by atoms with Crippen molar-refractivity contribution in [2.24, 2.45) is 45.3 Å². The lowest BCUT2D eigenvalue weighted by Gasteiger charge is -2.63. The summed E-state index contributed by atoms with van der Waals surface area (Å²) in [5.41, 5.74) is 0.681. The van der Waals surface area contributed by atoms with Crippen molar-refractivity contribution >= 4 is 5.78 Å². The zero-order valence-electron chi connectivity index (χ0n) is 23.9. The molecule has 5 rings (SSSR count). The third kappa shape index (κ3) is 3.51. The number of hydrogen-bond donors (Lipinski definition) is 2. The molecular weight excluding hydrogens is 452 g/mol. The lowest BCUT2D eigenvalue weighted by atomic mass is 9.41. The Balaban J connectivity index is 1.45. The second-order valence-corrected chi connectivity index (χ2v) is 14.9. The summed E-state index contributed by atoms with van der Waals surface area (Å²) in [6.07, 6.45) is 9.03. The third-order valence-electron chi connectivity index (χ3n) is 12.6. The van der Waals surface area contributed by atoms with E-state index >= 15 is 0 Å².